The molecule has 1 saturated heterocycles. The van der Waals surface area contributed by atoms with Gasteiger partial charge in [0.05, 0.1) is 5.92 Å². The Bertz CT molecular complexity index is 469. The van der Waals surface area contributed by atoms with Crippen LogP contribution in [0, 0.1) is 5.92 Å². The molecule has 2 aliphatic carbocycles. The lowest BCUT2D eigenvalue weighted by Gasteiger charge is -2.24. The minimum absolute atomic E-state index is 0.0453. The summed E-state index contributed by atoms with van der Waals surface area (Å²) in [4.78, 5) is 37.9. The van der Waals surface area contributed by atoms with E-state index < -0.39 is 18.0 Å². The molecule has 3 rings (SSSR count). The molecule has 1 aliphatic heterocycles. The van der Waals surface area contributed by atoms with Gasteiger partial charge in [-0.15, -0.1) is 0 Å². The second kappa shape index (κ2) is 6.26. The SMILES string of the molecule is C[C@H](OC(=O)[C@H]1CC(=O)N(C2CCCC2)C1)C(=O)NC1CC1. The minimum atomic E-state index is -0.788. The second-order valence-corrected chi connectivity index (χ2v) is 6.75. The van der Waals surface area contributed by atoms with E-state index in [4.69, 9.17) is 4.74 Å². The average molecular weight is 308 g/mol. The van der Waals surface area contributed by atoms with Crippen LogP contribution in [0.2, 0.25) is 0 Å². The monoisotopic (exact) mass is 308 g/mol. The van der Waals surface area contributed by atoms with Crippen LogP contribution < -0.4 is 5.32 Å². The lowest BCUT2D eigenvalue weighted by Crippen LogP contribution is -2.39. The van der Waals surface area contributed by atoms with Gasteiger partial charge in [0, 0.05) is 25.0 Å². The van der Waals surface area contributed by atoms with Crippen LogP contribution in [-0.4, -0.2) is 47.4 Å². The first kappa shape index (κ1) is 15.3. The van der Waals surface area contributed by atoms with Gasteiger partial charge in [-0.05, 0) is 32.6 Å². The fourth-order valence-electron chi connectivity index (χ4n) is 3.33. The highest BCUT2D eigenvalue weighted by Gasteiger charge is 2.40. The molecule has 2 saturated carbocycles. The van der Waals surface area contributed by atoms with Gasteiger partial charge in [0.15, 0.2) is 6.10 Å². The van der Waals surface area contributed by atoms with Gasteiger partial charge in [0.1, 0.15) is 0 Å². The standard InChI is InChI=1S/C16H24N2O4/c1-10(15(20)17-12-6-7-12)22-16(21)11-8-14(19)18(9-11)13-4-2-3-5-13/h10-13H,2-9H2,1H3,(H,17,20)/t10-,11-/m0/s1. The van der Waals surface area contributed by atoms with Crippen LogP contribution in [0.1, 0.15) is 51.9 Å². The number of likely N-dealkylation sites (tertiary alicyclic amines) is 1. The number of hydrogen-bond acceptors (Lipinski definition) is 4. The third-order valence-electron chi connectivity index (χ3n) is 4.84. The minimum Gasteiger partial charge on any atom is -0.452 e. The zero-order valence-corrected chi connectivity index (χ0v) is 13.0. The molecule has 22 heavy (non-hydrogen) atoms. The molecule has 6 heteroatoms. The number of nitrogens with zero attached hydrogens (tertiary/aromatic N) is 1. The highest BCUT2D eigenvalue weighted by Crippen LogP contribution is 2.30. The smallest absolute Gasteiger partial charge is 0.312 e. The number of ether oxygens (including phenoxy) is 1. The Morgan fingerprint density at radius 1 is 1.23 bits per heavy atom. The molecule has 1 heterocycles. The van der Waals surface area contributed by atoms with Gasteiger partial charge in [-0.25, -0.2) is 0 Å². The molecule has 2 atom stereocenters. The van der Waals surface area contributed by atoms with E-state index in [1.54, 1.807) is 6.92 Å². The van der Waals surface area contributed by atoms with Crippen molar-refractivity contribution in [1.82, 2.24) is 10.2 Å². The molecule has 6 nitrogen and oxygen atoms in total. The Balaban J connectivity index is 1.49. The normalized spacial score (nSPS) is 27.0. The van der Waals surface area contributed by atoms with E-state index in [1.165, 1.54) is 0 Å². The van der Waals surface area contributed by atoms with Crippen molar-refractivity contribution in [2.24, 2.45) is 5.92 Å². The van der Waals surface area contributed by atoms with Gasteiger partial charge in [-0.2, -0.15) is 0 Å². The molecule has 0 spiro atoms. The Kier molecular flexibility index (Phi) is 4.36. The van der Waals surface area contributed by atoms with Gasteiger partial charge >= 0.3 is 5.97 Å². The fraction of sp³-hybridized carbons (Fsp3) is 0.812. The van der Waals surface area contributed by atoms with Gasteiger partial charge in [0.25, 0.3) is 5.91 Å². The van der Waals surface area contributed by atoms with Crippen LogP contribution in [0.15, 0.2) is 0 Å². The van der Waals surface area contributed by atoms with Crippen molar-refractivity contribution in [3.8, 4) is 0 Å². The first-order valence-electron chi connectivity index (χ1n) is 8.35. The van der Waals surface area contributed by atoms with Crippen molar-refractivity contribution >= 4 is 17.8 Å². The quantitative estimate of drug-likeness (QED) is 0.769. The molecule has 0 radical (unpaired) electrons. The Hall–Kier alpha value is -1.59. The maximum absolute atomic E-state index is 12.2. The summed E-state index contributed by atoms with van der Waals surface area (Å²) in [7, 11) is 0. The number of amides is 2. The molecule has 2 amide bonds. The number of nitrogens with one attached hydrogen (secondary N) is 1. The van der Waals surface area contributed by atoms with E-state index in [1.807, 2.05) is 4.90 Å². The van der Waals surface area contributed by atoms with Gasteiger partial charge < -0.3 is 15.0 Å². The Labute approximate surface area is 130 Å². The fourth-order valence-corrected chi connectivity index (χ4v) is 3.33. The topological polar surface area (TPSA) is 75.7 Å². The molecule has 0 aromatic heterocycles. The lowest BCUT2D eigenvalue weighted by molar-refractivity contribution is -0.158. The zero-order valence-electron chi connectivity index (χ0n) is 13.0. The summed E-state index contributed by atoms with van der Waals surface area (Å²) in [6.07, 6.45) is 5.81. The van der Waals surface area contributed by atoms with Crippen LogP contribution in [0.5, 0.6) is 0 Å². The second-order valence-electron chi connectivity index (χ2n) is 6.75. The number of esters is 1. The summed E-state index contributed by atoms with van der Waals surface area (Å²) >= 11 is 0. The van der Waals surface area contributed by atoms with Crippen LogP contribution in [-0.2, 0) is 19.1 Å². The molecule has 1 N–H and O–H groups in total. The maximum atomic E-state index is 12.2. The Morgan fingerprint density at radius 3 is 2.55 bits per heavy atom. The first-order valence-corrected chi connectivity index (χ1v) is 8.35. The average Bonchev–Trinajstić information content (AvgIpc) is 2.99. The summed E-state index contributed by atoms with van der Waals surface area (Å²) in [6.45, 7) is 2.03. The van der Waals surface area contributed by atoms with Gasteiger partial charge in [-0.1, -0.05) is 12.8 Å². The van der Waals surface area contributed by atoms with Crippen molar-refractivity contribution < 1.29 is 19.1 Å². The number of carbonyl (C=O) groups is 3. The highest BCUT2D eigenvalue weighted by molar-refractivity contribution is 5.89. The van der Waals surface area contributed by atoms with E-state index in [2.05, 4.69) is 5.32 Å². The van der Waals surface area contributed by atoms with E-state index in [0.717, 1.165) is 38.5 Å². The van der Waals surface area contributed by atoms with Gasteiger partial charge in [0.2, 0.25) is 5.91 Å². The van der Waals surface area contributed by atoms with Crippen LogP contribution in [0.4, 0.5) is 0 Å². The van der Waals surface area contributed by atoms with Crippen molar-refractivity contribution in [3.63, 3.8) is 0 Å². The summed E-state index contributed by atoms with van der Waals surface area (Å²) in [5, 5.41) is 2.82. The van der Waals surface area contributed by atoms with Crippen molar-refractivity contribution in [2.75, 3.05) is 6.54 Å². The predicted molar refractivity (Wildman–Crippen MR) is 78.8 cm³/mol. The third-order valence-corrected chi connectivity index (χ3v) is 4.84. The van der Waals surface area contributed by atoms with E-state index >= 15 is 0 Å². The molecule has 3 fully saturated rings. The molecule has 3 aliphatic rings. The maximum Gasteiger partial charge on any atom is 0.312 e. The summed E-state index contributed by atoms with van der Waals surface area (Å²) in [5.41, 5.74) is 0. The molecule has 122 valence electrons. The third kappa shape index (κ3) is 3.42. The van der Waals surface area contributed by atoms with Crippen molar-refractivity contribution in [2.45, 2.75) is 70.1 Å². The molecule has 0 aromatic carbocycles. The van der Waals surface area contributed by atoms with Crippen LogP contribution in [0.3, 0.4) is 0 Å². The zero-order chi connectivity index (χ0) is 15.7. The lowest BCUT2D eigenvalue weighted by atomic mass is 10.1. The van der Waals surface area contributed by atoms with Crippen LogP contribution in [0.25, 0.3) is 0 Å². The molecule has 0 aromatic rings. The number of rotatable bonds is 5. The number of carbonyl (C=O) groups excluding carboxylic acids is 3. The Morgan fingerprint density at radius 2 is 1.91 bits per heavy atom. The molecule has 0 unspecified atom stereocenters. The molecule has 0 bridgehead atoms. The predicted octanol–water partition coefficient (Wildman–Crippen LogP) is 0.988. The van der Waals surface area contributed by atoms with Crippen molar-refractivity contribution in [1.29, 1.82) is 0 Å². The molecular weight excluding hydrogens is 284 g/mol. The van der Waals surface area contributed by atoms with Crippen molar-refractivity contribution in [3.05, 3.63) is 0 Å². The molecular formula is C16H24N2O4. The summed E-state index contributed by atoms with van der Waals surface area (Å²) < 4.78 is 5.25. The number of hydrogen-bond donors (Lipinski definition) is 1. The van der Waals surface area contributed by atoms with Crippen LogP contribution >= 0.6 is 0 Å². The summed E-state index contributed by atoms with van der Waals surface area (Å²) in [6, 6.07) is 0.542. The largest absolute Gasteiger partial charge is 0.452 e. The van der Waals surface area contributed by atoms with E-state index in [9.17, 15) is 14.4 Å². The van der Waals surface area contributed by atoms with Gasteiger partial charge in [-0.3, -0.25) is 14.4 Å². The van der Waals surface area contributed by atoms with E-state index in [0.29, 0.717) is 12.6 Å². The highest BCUT2D eigenvalue weighted by atomic mass is 16.5. The first-order chi connectivity index (χ1) is 10.5. The summed E-state index contributed by atoms with van der Waals surface area (Å²) in [5.74, 6) is -1.05. The van der Waals surface area contributed by atoms with E-state index in [-0.39, 0.29) is 24.3 Å².